The largest absolute Gasteiger partial charge is 0.346 e. The average molecular weight is 264 g/mol. The number of imidazole rings is 1. The average Bonchev–Trinajstić information content (AvgIpc) is 2.69. The van der Waals surface area contributed by atoms with E-state index in [0.717, 1.165) is 25.1 Å². The van der Waals surface area contributed by atoms with E-state index in [1.165, 1.54) is 0 Å². The van der Waals surface area contributed by atoms with Crippen LogP contribution >= 0.6 is 0 Å². The fourth-order valence-corrected chi connectivity index (χ4v) is 2.51. The van der Waals surface area contributed by atoms with Gasteiger partial charge >= 0.3 is 0 Å². The Morgan fingerprint density at radius 3 is 2.79 bits per heavy atom. The van der Waals surface area contributed by atoms with E-state index in [0.29, 0.717) is 12.2 Å². The number of aromatic nitrogens is 2. The van der Waals surface area contributed by atoms with Gasteiger partial charge in [-0.05, 0) is 19.8 Å². The predicted octanol–water partition coefficient (Wildman–Crippen LogP) is 0.469. The second-order valence-electron chi connectivity index (χ2n) is 5.07. The van der Waals surface area contributed by atoms with Crippen molar-refractivity contribution >= 4 is 11.8 Å². The lowest BCUT2D eigenvalue weighted by Crippen LogP contribution is -2.49. The van der Waals surface area contributed by atoms with Gasteiger partial charge in [0, 0.05) is 33.1 Å². The third-order valence-corrected chi connectivity index (χ3v) is 3.54. The molecule has 0 saturated carbocycles. The van der Waals surface area contributed by atoms with E-state index in [1.54, 1.807) is 29.8 Å². The summed E-state index contributed by atoms with van der Waals surface area (Å²) in [5, 5.41) is 2.99. The van der Waals surface area contributed by atoms with Gasteiger partial charge in [-0.15, -0.1) is 0 Å². The highest BCUT2D eigenvalue weighted by molar-refractivity contribution is 5.93. The zero-order chi connectivity index (χ0) is 14.0. The normalized spacial score (nSPS) is 19.3. The number of carbonyl (C=O) groups excluding carboxylic acids is 2. The molecule has 104 valence electrons. The lowest BCUT2D eigenvalue weighted by molar-refractivity contribution is -0.130. The molecule has 6 heteroatoms. The van der Waals surface area contributed by atoms with E-state index in [9.17, 15) is 9.59 Å². The van der Waals surface area contributed by atoms with Crippen LogP contribution in [0.5, 0.6) is 0 Å². The molecule has 1 N–H and O–H groups in total. The highest BCUT2D eigenvalue weighted by Gasteiger charge is 2.24. The van der Waals surface area contributed by atoms with Crippen LogP contribution in [0.4, 0.5) is 0 Å². The second kappa shape index (κ2) is 5.42. The maximum Gasteiger partial charge on any atom is 0.270 e. The molecule has 1 aliphatic heterocycles. The van der Waals surface area contributed by atoms with Gasteiger partial charge in [-0.25, -0.2) is 4.98 Å². The van der Waals surface area contributed by atoms with Crippen molar-refractivity contribution in [3.05, 3.63) is 17.7 Å². The van der Waals surface area contributed by atoms with E-state index >= 15 is 0 Å². The van der Waals surface area contributed by atoms with Gasteiger partial charge in [0.25, 0.3) is 5.91 Å². The molecule has 1 aromatic rings. The summed E-state index contributed by atoms with van der Waals surface area (Å²) in [7, 11) is 1.80. The first-order valence-corrected chi connectivity index (χ1v) is 6.53. The lowest BCUT2D eigenvalue weighted by atomic mass is 10.1. The predicted molar refractivity (Wildman–Crippen MR) is 70.7 cm³/mol. The van der Waals surface area contributed by atoms with E-state index in [1.807, 2.05) is 6.92 Å². The zero-order valence-corrected chi connectivity index (χ0v) is 11.6. The summed E-state index contributed by atoms with van der Waals surface area (Å²) < 4.78 is 1.72. The molecular weight excluding hydrogens is 244 g/mol. The second-order valence-corrected chi connectivity index (χ2v) is 5.07. The summed E-state index contributed by atoms with van der Waals surface area (Å²) in [6.45, 7) is 4.76. The Kier molecular flexibility index (Phi) is 3.87. The molecule has 2 rings (SSSR count). The minimum atomic E-state index is -0.118. The van der Waals surface area contributed by atoms with Crippen LogP contribution in [0.3, 0.4) is 0 Å². The summed E-state index contributed by atoms with van der Waals surface area (Å²) in [6, 6.07) is 0.0273. The Hall–Kier alpha value is -1.85. The Morgan fingerprint density at radius 1 is 1.47 bits per heavy atom. The molecule has 0 radical (unpaired) electrons. The van der Waals surface area contributed by atoms with Crippen molar-refractivity contribution in [2.75, 3.05) is 13.1 Å². The number of rotatable bonds is 2. The topological polar surface area (TPSA) is 67.2 Å². The van der Waals surface area contributed by atoms with Gasteiger partial charge in [0.05, 0.1) is 12.0 Å². The number of nitrogens with one attached hydrogen (secondary N) is 1. The first-order chi connectivity index (χ1) is 8.99. The van der Waals surface area contributed by atoms with Gasteiger partial charge in [-0.3, -0.25) is 9.59 Å². The highest BCUT2D eigenvalue weighted by atomic mass is 16.2. The smallest absolute Gasteiger partial charge is 0.270 e. The van der Waals surface area contributed by atoms with E-state index < -0.39 is 0 Å². The molecule has 0 aliphatic carbocycles. The maximum atomic E-state index is 12.2. The maximum absolute atomic E-state index is 12.2. The van der Waals surface area contributed by atoms with Crippen molar-refractivity contribution in [1.82, 2.24) is 19.8 Å². The molecule has 0 aromatic carbocycles. The summed E-state index contributed by atoms with van der Waals surface area (Å²) in [4.78, 5) is 29.5. The van der Waals surface area contributed by atoms with Crippen molar-refractivity contribution in [3.63, 3.8) is 0 Å². The number of hydrogen-bond acceptors (Lipinski definition) is 3. The first kappa shape index (κ1) is 13.6. The van der Waals surface area contributed by atoms with E-state index in [2.05, 4.69) is 10.3 Å². The molecule has 2 heterocycles. The van der Waals surface area contributed by atoms with Crippen LogP contribution in [-0.4, -0.2) is 45.4 Å². The number of amides is 2. The Balaban J connectivity index is 2.01. The molecule has 1 aliphatic rings. The van der Waals surface area contributed by atoms with Crippen LogP contribution < -0.4 is 5.32 Å². The van der Waals surface area contributed by atoms with Crippen molar-refractivity contribution in [2.45, 2.75) is 32.7 Å². The van der Waals surface area contributed by atoms with E-state index in [-0.39, 0.29) is 17.9 Å². The molecule has 1 fully saturated rings. The fraction of sp³-hybridized carbons (Fsp3) is 0.615. The van der Waals surface area contributed by atoms with Crippen LogP contribution in [0.2, 0.25) is 0 Å². The van der Waals surface area contributed by atoms with Gasteiger partial charge in [0.15, 0.2) is 0 Å². The number of nitrogens with zero attached hydrogens (tertiary/aromatic N) is 3. The molecule has 0 spiro atoms. The van der Waals surface area contributed by atoms with Gasteiger partial charge in [-0.1, -0.05) is 0 Å². The van der Waals surface area contributed by atoms with Crippen LogP contribution in [0.15, 0.2) is 6.33 Å². The van der Waals surface area contributed by atoms with Crippen molar-refractivity contribution in [1.29, 1.82) is 0 Å². The molecule has 1 aromatic heterocycles. The first-order valence-electron chi connectivity index (χ1n) is 6.53. The number of likely N-dealkylation sites (tertiary alicyclic amines) is 1. The molecule has 1 saturated heterocycles. The highest BCUT2D eigenvalue weighted by Crippen LogP contribution is 2.12. The van der Waals surface area contributed by atoms with Gasteiger partial charge in [0.2, 0.25) is 5.91 Å². The summed E-state index contributed by atoms with van der Waals surface area (Å²) in [5.41, 5.74) is 1.30. The zero-order valence-electron chi connectivity index (χ0n) is 11.6. The monoisotopic (exact) mass is 264 g/mol. The van der Waals surface area contributed by atoms with Gasteiger partial charge in [-0.2, -0.15) is 0 Å². The molecule has 0 bridgehead atoms. The van der Waals surface area contributed by atoms with Crippen LogP contribution in [-0.2, 0) is 11.8 Å². The third-order valence-electron chi connectivity index (χ3n) is 3.54. The molecule has 1 unspecified atom stereocenters. The Labute approximate surface area is 112 Å². The number of aryl methyl sites for hydroxylation is 2. The van der Waals surface area contributed by atoms with Crippen LogP contribution in [0.1, 0.15) is 35.9 Å². The Bertz CT molecular complexity index is 475. The summed E-state index contributed by atoms with van der Waals surface area (Å²) in [5.74, 6) is -0.0523. The van der Waals surface area contributed by atoms with Gasteiger partial charge < -0.3 is 14.8 Å². The number of hydrogen-bond donors (Lipinski definition) is 1. The van der Waals surface area contributed by atoms with Crippen LogP contribution in [0.25, 0.3) is 0 Å². The number of carbonyl (C=O) groups is 2. The van der Waals surface area contributed by atoms with Crippen molar-refractivity contribution < 1.29 is 9.59 Å². The molecule has 2 amide bonds. The van der Waals surface area contributed by atoms with Gasteiger partial charge in [0.1, 0.15) is 5.69 Å². The lowest BCUT2D eigenvalue weighted by Gasteiger charge is -2.32. The Morgan fingerprint density at radius 2 is 2.21 bits per heavy atom. The summed E-state index contributed by atoms with van der Waals surface area (Å²) >= 11 is 0. The minimum absolute atomic E-state index is 0.0273. The molecule has 19 heavy (non-hydrogen) atoms. The quantitative estimate of drug-likeness (QED) is 0.844. The minimum Gasteiger partial charge on any atom is -0.346 e. The SMILES string of the molecule is CC(=O)N1CCCC(NC(=O)c2c(C)ncn2C)C1. The fourth-order valence-electron chi connectivity index (χ4n) is 2.51. The molecular formula is C13H20N4O2. The van der Waals surface area contributed by atoms with Crippen molar-refractivity contribution in [3.8, 4) is 0 Å². The van der Waals surface area contributed by atoms with Crippen molar-refractivity contribution in [2.24, 2.45) is 7.05 Å². The number of piperidine rings is 1. The third kappa shape index (κ3) is 2.94. The van der Waals surface area contributed by atoms with E-state index in [4.69, 9.17) is 0 Å². The standard InChI is InChI=1S/C13H20N4O2/c1-9-12(16(3)8-14-9)13(19)15-11-5-4-6-17(7-11)10(2)18/h8,11H,4-7H2,1-3H3,(H,15,19). The van der Waals surface area contributed by atoms with Crippen LogP contribution in [0, 0.1) is 6.92 Å². The molecule has 1 atom stereocenters. The summed E-state index contributed by atoms with van der Waals surface area (Å²) in [6.07, 6.45) is 3.47. The molecule has 6 nitrogen and oxygen atoms in total.